The Morgan fingerprint density at radius 1 is 1.33 bits per heavy atom. The fraction of sp³-hybridized carbons (Fsp3) is 0.522. The van der Waals surface area contributed by atoms with Crippen LogP contribution in [0.5, 0.6) is 5.75 Å². The zero-order valence-electron chi connectivity index (χ0n) is 18.1. The molecule has 1 aromatic carbocycles. The summed E-state index contributed by atoms with van der Waals surface area (Å²) < 4.78 is 5.22. The predicted octanol–water partition coefficient (Wildman–Crippen LogP) is 3.65. The lowest BCUT2D eigenvalue weighted by Gasteiger charge is -2.32. The van der Waals surface area contributed by atoms with Gasteiger partial charge < -0.3 is 15.0 Å². The number of thiazole rings is 1. The largest absolute Gasteiger partial charge is 0.497 e. The molecule has 1 atom stereocenters. The maximum atomic E-state index is 12.7. The Labute approximate surface area is 182 Å². The number of nitrogens with one attached hydrogen (secondary N) is 1. The molecule has 1 fully saturated rings. The zero-order valence-corrected chi connectivity index (χ0v) is 18.9. The van der Waals surface area contributed by atoms with E-state index in [1.165, 1.54) is 0 Å². The fourth-order valence-corrected chi connectivity index (χ4v) is 4.85. The minimum absolute atomic E-state index is 0.0528. The minimum Gasteiger partial charge on any atom is -0.497 e. The third-order valence-electron chi connectivity index (χ3n) is 5.59. The van der Waals surface area contributed by atoms with E-state index in [-0.39, 0.29) is 11.8 Å². The number of ether oxygens (including phenoxy) is 1. The lowest BCUT2D eigenvalue weighted by atomic mass is 9.93. The highest BCUT2D eigenvalue weighted by atomic mass is 32.1. The summed E-state index contributed by atoms with van der Waals surface area (Å²) in [6, 6.07) is 7.71. The van der Waals surface area contributed by atoms with Crippen molar-refractivity contribution in [1.29, 1.82) is 0 Å². The summed E-state index contributed by atoms with van der Waals surface area (Å²) in [6.07, 6.45) is 3.81. The quantitative estimate of drug-likeness (QED) is 0.695. The lowest BCUT2D eigenvalue weighted by Crippen LogP contribution is -2.41. The molecule has 1 aliphatic rings. The van der Waals surface area contributed by atoms with E-state index in [2.05, 4.69) is 10.3 Å². The Hall–Kier alpha value is -2.41. The van der Waals surface area contributed by atoms with Gasteiger partial charge in [-0.05, 0) is 56.7 Å². The number of carbonyl (C=O) groups excluding carboxylic acids is 2. The highest BCUT2D eigenvalue weighted by Crippen LogP contribution is 2.24. The zero-order chi connectivity index (χ0) is 21.5. The van der Waals surface area contributed by atoms with Gasteiger partial charge in [0.15, 0.2) is 0 Å². The molecule has 0 bridgehead atoms. The van der Waals surface area contributed by atoms with Gasteiger partial charge in [-0.1, -0.05) is 12.1 Å². The van der Waals surface area contributed by atoms with Crippen LogP contribution in [0, 0.1) is 19.8 Å². The number of carbonyl (C=O) groups is 2. The van der Waals surface area contributed by atoms with Gasteiger partial charge in [0.2, 0.25) is 11.8 Å². The third-order valence-corrected chi connectivity index (χ3v) is 6.66. The lowest BCUT2D eigenvalue weighted by molar-refractivity contribution is -0.132. The van der Waals surface area contributed by atoms with Gasteiger partial charge in [0.05, 0.1) is 24.2 Å². The molecule has 0 radical (unpaired) electrons. The average molecular weight is 430 g/mol. The predicted molar refractivity (Wildman–Crippen MR) is 119 cm³/mol. The number of piperidine rings is 1. The second-order valence-electron chi connectivity index (χ2n) is 7.93. The Morgan fingerprint density at radius 3 is 2.90 bits per heavy atom. The number of nitrogens with zero attached hydrogens (tertiary/aromatic N) is 2. The first-order chi connectivity index (χ1) is 14.4. The topological polar surface area (TPSA) is 71.5 Å². The van der Waals surface area contributed by atoms with Crippen LogP contribution in [0.3, 0.4) is 0 Å². The molecule has 0 aliphatic carbocycles. The van der Waals surface area contributed by atoms with Crippen LogP contribution in [0.15, 0.2) is 24.3 Å². The van der Waals surface area contributed by atoms with Crippen molar-refractivity contribution in [2.75, 3.05) is 20.2 Å². The molecule has 1 aromatic heterocycles. The molecule has 7 heteroatoms. The van der Waals surface area contributed by atoms with Gasteiger partial charge in [-0.25, -0.2) is 4.98 Å². The fourth-order valence-electron chi connectivity index (χ4n) is 3.92. The highest BCUT2D eigenvalue weighted by molar-refractivity contribution is 7.11. The van der Waals surface area contributed by atoms with Crippen molar-refractivity contribution < 1.29 is 14.3 Å². The Morgan fingerprint density at radius 2 is 2.17 bits per heavy atom. The summed E-state index contributed by atoms with van der Waals surface area (Å²) in [4.78, 5) is 32.5. The third kappa shape index (κ3) is 6.29. The van der Waals surface area contributed by atoms with Gasteiger partial charge in [-0.3, -0.25) is 9.59 Å². The molecular formula is C23H31N3O3S. The van der Waals surface area contributed by atoms with E-state index in [1.807, 2.05) is 43.0 Å². The van der Waals surface area contributed by atoms with E-state index in [4.69, 9.17) is 4.74 Å². The van der Waals surface area contributed by atoms with Crippen LogP contribution in [-0.2, 0) is 22.6 Å². The summed E-state index contributed by atoms with van der Waals surface area (Å²) >= 11 is 1.61. The molecule has 30 heavy (non-hydrogen) atoms. The van der Waals surface area contributed by atoms with Gasteiger partial charge in [0.25, 0.3) is 0 Å². The van der Waals surface area contributed by atoms with E-state index >= 15 is 0 Å². The molecule has 0 spiro atoms. The molecule has 162 valence electrons. The number of aromatic nitrogens is 1. The van der Waals surface area contributed by atoms with Crippen LogP contribution >= 0.6 is 11.3 Å². The Balaban J connectivity index is 1.42. The molecule has 2 amide bonds. The van der Waals surface area contributed by atoms with Crippen molar-refractivity contribution in [1.82, 2.24) is 15.2 Å². The van der Waals surface area contributed by atoms with Crippen molar-refractivity contribution in [3.63, 3.8) is 0 Å². The summed E-state index contributed by atoms with van der Waals surface area (Å²) in [7, 11) is 1.63. The number of hydrogen-bond donors (Lipinski definition) is 1. The van der Waals surface area contributed by atoms with Crippen LogP contribution in [-0.4, -0.2) is 41.9 Å². The molecule has 1 aliphatic heterocycles. The standard InChI is InChI=1S/C23H31N3O3S/c1-16-21(30-17(2)25-16)13-23(28)26-11-5-7-18(15-26)9-10-22(27)24-14-19-6-4-8-20(12-19)29-3/h4,6,8,12,18H,5,7,9-11,13-15H2,1-3H3,(H,24,27)/t18-/m1/s1. The van der Waals surface area contributed by atoms with Crippen LogP contribution in [0.25, 0.3) is 0 Å². The van der Waals surface area contributed by atoms with Crippen molar-refractivity contribution in [3.05, 3.63) is 45.4 Å². The van der Waals surface area contributed by atoms with Crippen molar-refractivity contribution in [2.45, 2.75) is 52.5 Å². The number of aryl methyl sites for hydroxylation is 2. The Bertz CT molecular complexity index is 880. The average Bonchev–Trinajstić information content (AvgIpc) is 3.07. The molecular weight excluding hydrogens is 398 g/mol. The van der Waals surface area contributed by atoms with E-state index < -0.39 is 0 Å². The molecule has 3 rings (SSSR count). The van der Waals surface area contributed by atoms with Gasteiger partial charge in [-0.15, -0.1) is 11.3 Å². The van der Waals surface area contributed by atoms with Gasteiger partial charge in [-0.2, -0.15) is 0 Å². The SMILES string of the molecule is COc1cccc(CNC(=O)CC[C@H]2CCCN(C(=O)Cc3sc(C)nc3C)C2)c1. The molecule has 2 aromatic rings. The number of hydrogen-bond acceptors (Lipinski definition) is 5. The number of methoxy groups -OCH3 is 1. The second-order valence-corrected chi connectivity index (χ2v) is 9.22. The number of rotatable bonds is 8. The monoisotopic (exact) mass is 429 g/mol. The minimum atomic E-state index is 0.0528. The smallest absolute Gasteiger partial charge is 0.227 e. The summed E-state index contributed by atoms with van der Waals surface area (Å²) in [6.45, 7) is 6.00. The highest BCUT2D eigenvalue weighted by Gasteiger charge is 2.25. The maximum absolute atomic E-state index is 12.7. The first-order valence-electron chi connectivity index (χ1n) is 10.5. The van der Waals surface area contributed by atoms with Crippen molar-refractivity contribution >= 4 is 23.2 Å². The van der Waals surface area contributed by atoms with E-state index in [0.29, 0.717) is 25.3 Å². The molecule has 2 heterocycles. The number of likely N-dealkylation sites (tertiary alicyclic amines) is 1. The normalized spacial score (nSPS) is 16.4. The molecule has 0 unspecified atom stereocenters. The molecule has 0 saturated carbocycles. The first kappa shape index (κ1) is 22.3. The summed E-state index contributed by atoms with van der Waals surface area (Å²) in [5.41, 5.74) is 1.98. The number of amides is 2. The van der Waals surface area contributed by atoms with Gasteiger partial charge in [0, 0.05) is 30.9 Å². The van der Waals surface area contributed by atoms with Crippen molar-refractivity contribution in [3.8, 4) is 5.75 Å². The Kier molecular flexibility index (Phi) is 7.85. The molecule has 1 saturated heterocycles. The maximum Gasteiger partial charge on any atom is 0.227 e. The van der Waals surface area contributed by atoms with Crippen LogP contribution < -0.4 is 10.1 Å². The first-order valence-corrected chi connectivity index (χ1v) is 11.4. The van der Waals surface area contributed by atoms with E-state index in [0.717, 1.165) is 59.2 Å². The summed E-state index contributed by atoms with van der Waals surface area (Å²) in [5.74, 6) is 1.40. The van der Waals surface area contributed by atoms with Crippen molar-refractivity contribution in [2.24, 2.45) is 5.92 Å². The summed E-state index contributed by atoms with van der Waals surface area (Å²) in [5, 5.41) is 3.99. The van der Waals surface area contributed by atoms with Crippen LogP contribution in [0.2, 0.25) is 0 Å². The van der Waals surface area contributed by atoms with Gasteiger partial charge >= 0.3 is 0 Å². The van der Waals surface area contributed by atoms with Crippen LogP contribution in [0.4, 0.5) is 0 Å². The molecule has 6 nitrogen and oxygen atoms in total. The van der Waals surface area contributed by atoms with Gasteiger partial charge in [0.1, 0.15) is 5.75 Å². The molecule has 1 N–H and O–H groups in total. The van der Waals surface area contributed by atoms with E-state index in [9.17, 15) is 9.59 Å². The van der Waals surface area contributed by atoms with Crippen LogP contribution in [0.1, 0.15) is 46.8 Å². The number of benzene rings is 1. The van der Waals surface area contributed by atoms with E-state index in [1.54, 1.807) is 18.4 Å². The second kappa shape index (κ2) is 10.6.